The van der Waals surface area contributed by atoms with Gasteiger partial charge in [0.15, 0.2) is 0 Å². The first-order valence-corrected chi connectivity index (χ1v) is 10.0. The first-order valence-electron chi connectivity index (χ1n) is 10.0. The standard InChI is InChI=1S/C23H25N3O5/c1-2-29-22(27)16-26-14-12-21(25-26)19-8-10-20(11-9-19)30-15-13-24-23(28)31-17-18-6-4-3-5-7-18/h3-12,14H,2,13,15-17H2,1H3,(H,24,28)/i22+2. The Balaban J connectivity index is 1.38. The normalized spacial score (nSPS) is 10.4. The van der Waals surface area contributed by atoms with Crippen LogP contribution in [0.3, 0.4) is 0 Å². The van der Waals surface area contributed by atoms with Crippen LogP contribution in [0, 0.1) is 0 Å². The zero-order chi connectivity index (χ0) is 21.9. The van der Waals surface area contributed by atoms with E-state index in [4.69, 9.17) is 14.2 Å². The van der Waals surface area contributed by atoms with Gasteiger partial charge in [-0.15, -0.1) is 0 Å². The number of alkyl carbamates (subject to hydrolysis) is 1. The first kappa shape index (κ1) is 21.9. The highest BCUT2D eigenvalue weighted by Crippen LogP contribution is 2.20. The summed E-state index contributed by atoms with van der Waals surface area (Å²) in [6.45, 7) is 3.06. The van der Waals surface area contributed by atoms with E-state index in [1.165, 1.54) is 0 Å². The maximum absolute atomic E-state index is 11.7. The van der Waals surface area contributed by atoms with E-state index in [-0.39, 0.29) is 19.1 Å². The molecule has 3 aromatic rings. The predicted molar refractivity (Wildman–Crippen MR) is 114 cm³/mol. The number of benzene rings is 2. The molecule has 8 nitrogen and oxygen atoms in total. The Morgan fingerprint density at radius 1 is 1.10 bits per heavy atom. The molecule has 0 saturated carbocycles. The van der Waals surface area contributed by atoms with Crippen LogP contribution >= 0.6 is 0 Å². The second kappa shape index (κ2) is 11.4. The summed E-state index contributed by atoms with van der Waals surface area (Å²) in [6.07, 6.45) is 1.25. The third kappa shape index (κ3) is 7.18. The maximum atomic E-state index is 11.7. The van der Waals surface area contributed by atoms with E-state index in [0.717, 1.165) is 16.8 Å². The van der Waals surface area contributed by atoms with Crippen LogP contribution in [0.1, 0.15) is 12.5 Å². The minimum Gasteiger partial charge on any atom is -0.492 e. The summed E-state index contributed by atoms with van der Waals surface area (Å²) >= 11 is 0. The van der Waals surface area contributed by atoms with E-state index >= 15 is 0 Å². The van der Waals surface area contributed by atoms with Gasteiger partial charge in [-0.3, -0.25) is 9.48 Å². The van der Waals surface area contributed by atoms with Gasteiger partial charge in [-0.25, -0.2) is 4.79 Å². The highest BCUT2D eigenvalue weighted by molar-refractivity contribution is 5.69. The molecule has 0 bridgehead atoms. The van der Waals surface area contributed by atoms with Crippen LogP contribution in [0.25, 0.3) is 11.3 Å². The molecule has 162 valence electrons. The molecular weight excluding hydrogens is 400 g/mol. The largest absolute Gasteiger partial charge is 0.492 e. The van der Waals surface area contributed by atoms with E-state index < -0.39 is 6.09 Å². The van der Waals surface area contributed by atoms with Gasteiger partial charge in [0.25, 0.3) is 0 Å². The monoisotopic (exact) mass is 425 g/mol. The van der Waals surface area contributed by atoms with Crippen molar-refractivity contribution in [1.29, 1.82) is 0 Å². The van der Waals surface area contributed by atoms with Crippen molar-refractivity contribution in [3.63, 3.8) is 0 Å². The van der Waals surface area contributed by atoms with Crippen molar-refractivity contribution in [2.45, 2.75) is 20.1 Å². The summed E-state index contributed by atoms with van der Waals surface area (Å²) in [7, 11) is 0. The van der Waals surface area contributed by atoms with Gasteiger partial charge in [0.05, 0.1) is 18.8 Å². The van der Waals surface area contributed by atoms with Gasteiger partial charge in [0.2, 0.25) is 0 Å². The van der Waals surface area contributed by atoms with Crippen LogP contribution in [-0.2, 0) is 27.4 Å². The lowest BCUT2D eigenvalue weighted by Crippen LogP contribution is -2.28. The third-order valence-corrected chi connectivity index (χ3v) is 4.24. The summed E-state index contributed by atoms with van der Waals surface area (Å²) < 4.78 is 17.2. The van der Waals surface area contributed by atoms with Crippen molar-refractivity contribution < 1.29 is 23.8 Å². The van der Waals surface area contributed by atoms with Crippen LogP contribution < -0.4 is 10.1 Å². The summed E-state index contributed by atoms with van der Waals surface area (Å²) in [5.74, 6) is 0.354. The molecule has 0 radical (unpaired) electrons. The number of amides is 1. The Morgan fingerprint density at radius 2 is 1.87 bits per heavy atom. The Morgan fingerprint density at radius 3 is 2.61 bits per heavy atom. The molecule has 0 unspecified atom stereocenters. The second-order valence-corrected chi connectivity index (χ2v) is 6.56. The highest BCUT2D eigenvalue weighted by atomic mass is 16.8. The van der Waals surface area contributed by atoms with Gasteiger partial charge in [-0.1, -0.05) is 30.3 Å². The molecule has 1 aromatic heterocycles. The second-order valence-electron chi connectivity index (χ2n) is 6.56. The van der Waals surface area contributed by atoms with Crippen LogP contribution in [-0.4, -0.2) is 41.6 Å². The molecule has 31 heavy (non-hydrogen) atoms. The van der Waals surface area contributed by atoms with Crippen molar-refractivity contribution in [3.05, 3.63) is 72.4 Å². The van der Waals surface area contributed by atoms with E-state index in [0.29, 0.717) is 25.5 Å². The highest BCUT2D eigenvalue weighted by Gasteiger charge is 2.07. The van der Waals surface area contributed by atoms with Gasteiger partial charge < -0.3 is 19.5 Å². The minimum atomic E-state index is -0.485. The van der Waals surface area contributed by atoms with Crippen LogP contribution in [0.2, 0.25) is 0 Å². The molecule has 0 aliphatic carbocycles. The number of nitrogens with zero attached hydrogens (tertiary/aromatic N) is 2. The van der Waals surface area contributed by atoms with E-state index in [1.807, 2.05) is 60.7 Å². The van der Waals surface area contributed by atoms with E-state index in [9.17, 15) is 9.59 Å². The smallest absolute Gasteiger partial charge is 0.407 e. The number of hydrogen-bond acceptors (Lipinski definition) is 6. The fourth-order valence-corrected chi connectivity index (χ4v) is 2.76. The lowest BCUT2D eigenvalue weighted by Gasteiger charge is -2.09. The summed E-state index contributed by atoms with van der Waals surface area (Å²) in [6, 6.07) is 18.7. The van der Waals surface area contributed by atoms with Crippen molar-refractivity contribution in [3.8, 4) is 17.0 Å². The van der Waals surface area contributed by atoms with Crippen LogP contribution in [0.15, 0.2) is 66.9 Å². The zero-order valence-electron chi connectivity index (χ0n) is 17.3. The molecule has 0 saturated heterocycles. The van der Waals surface area contributed by atoms with Gasteiger partial charge in [0, 0.05) is 11.8 Å². The molecule has 0 atom stereocenters. The fourth-order valence-electron chi connectivity index (χ4n) is 2.76. The summed E-state index contributed by atoms with van der Waals surface area (Å²) in [5, 5.41) is 7.03. The Hall–Kier alpha value is -3.81. The Bertz CT molecular complexity index is 970. The topological polar surface area (TPSA) is 91.7 Å². The first-order chi connectivity index (χ1) is 15.1. The number of esters is 1. The molecule has 0 spiro atoms. The van der Waals surface area contributed by atoms with E-state index in [2.05, 4.69) is 10.4 Å². The maximum Gasteiger partial charge on any atom is 0.407 e. The minimum absolute atomic E-state index is 0.0792. The number of hydrogen-bond donors (Lipinski definition) is 1. The molecule has 0 aliphatic rings. The summed E-state index contributed by atoms with van der Waals surface area (Å²) in [4.78, 5) is 23.2. The average molecular weight is 425 g/mol. The predicted octanol–water partition coefficient (Wildman–Crippen LogP) is 3.42. The number of aromatic nitrogens is 2. The van der Waals surface area contributed by atoms with Crippen molar-refractivity contribution in [2.24, 2.45) is 0 Å². The van der Waals surface area contributed by atoms with E-state index in [1.54, 1.807) is 17.8 Å². The fraction of sp³-hybridized carbons (Fsp3) is 0.261. The molecule has 1 N–H and O–H groups in total. The number of rotatable bonds is 10. The Labute approximate surface area is 180 Å². The molecule has 1 heterocycles. The quantitative estimate of drug-likeness (QED) is 0.395. The van der Waals surface area contributed by atoms with Gasteiger partial charge in [-0.05, 0) is 42.8 Å². The van der Waals surface area contributed by atoms with Gasteiger partial charge >= 0.3 is 12.1 Å². The molecule has 2 aromatic carbocycles. The van der Waals surface area contributed by atoms with Crippen LogP contribution in [0.5, 0.6) is 5.75 Å². The third-order valence-electron chi connectivity index (χ3n) is 4.24. The molecular formula is C23H25N3O5. The van der Waals surface area contributed by atoms with Gasteiger partial charge in [0.1, 0.15) is 25.5 Å². The average Bonchev–Trinajstić information content (AvgIpc) is 3.25. The van der Waals surface area contributed by atoms with Gasteiger partial charge in [-0.2, -0.15) is 5.10 Å². The number of carbonyl (C=O) groups is 2. The number of carbonyl (C=O) groups excluding carboxylic acids is 2. The number of ether oxygens (including phenoxy) is 3. The SMILES string of the molecule is CCO[14C](=O)Cn1ccc(-c2ccc(OCCNC(=O)OCc3ccccc3)cc2)n1. The number of nitrogens with one attached hydrogen (secondary N) is 1. The molecule has 0 aliphatic heterocycles. The molecule has 8 heteroatoms. The molecule has 1 amide bonds. The summed E-state index contributed by atoms with van der Waals surface area (Å²) in [5.41, 5.74) is 2.58. The zero-order valence-corrected chi connectivity index (χ0v) is 17.3. The van der Waals surface area contributed by atoms with Crippen LogP contribution in [0.4, 0.5) is 4.79 Å². The van der Waals surface area contributed by atoms with Crippen molar-refractivity contribution >= 4 is 12.1 Å². The van der Waals surface area contributed by atoms with Crippen molar-refractivity contribution in [2.75, 3.05) is 19.8 Å². The lowest BCUT2D eigenvalue weighted by atomic mass is 10.1. The molecule has 0 fully saturated rings. The molecule has 3 rings (SSSR count). The van der Waals surface area contributed by atoms with Crippen molar-refractivity contribution in [1.82, 2.24) is 15.1 Å². The lowest BCUT2D eigenvalue weighted by molar-refractivity contribution is -0.144. The Kier molecular flexibility index (Phi) is 8.05.